The number of nitrogens with one attached hydrogen (secondary N) is 1. The quantitative estimate of drug-likeness (QED) is 0.805. The van der Waals surface area contributed by atoms with E-state index in [2.05, 4.69) is 10.3 Å². The largest absolute Gasteiger partial charge is 0.497 e. The van der Waals surface area contributed by atoms with E-state index >= 15 is 0 Å². The molecule has 7 heteroatoms. The van der Waals surface area contributed by atoms with Gasteiger partial charge in [0.05, 0.1) is 7.11 Å². The third-order valence-electron chi connectivity index (χ3n) is 3.19. The van der Waals surface area contributed by atoms with Crippen molar-refractivity contribution in [2.45, 2.75) is 6.92 Å². The number of hydrogen-bond acceptors (Lipinski definition) is 5. The molecule has 22 heavy (non-hydrogen) atoms. The van der Waals surface area contributed by atoms with Crippen LogP contribution in [0, 0.1) is 6.92 Å². The Balaban J connectivity index is 1.96. The average Bonchev–Trinajstić information content (AvgIpc) is 2.90. The summed E-state index contributed by atoms with van der Waals surface area (Å²) >= 11 is 1.36. The van der Waals surface area contributed by atoms with E-state index in [0.29, 0.717) is 16.4 Å². The molecular weight excluding hydrogens is 302 g/mol. The van der Waals surface area contributed by atoms with Crippen LogP contribution in [-0.2, 0) is 0 Å². The number of ether oxygens (including phenoxy) is 1. The van der Waals surface area contributed by atoms with Gasteiger partial charge in [-0.05, 0) is 19.1 Å². The Morgan fingerprint density at radius 1 is 1.41 bits per heavy atom. The van der Waals surface area contributed by atoms with Gasteiger partial charge in [0.15, 0.2) is 4.96 Å². The first-order chi connectivity index (χ1) is 10.6. The fourth-order valence-electron chi connectivity index (χ4n) is 2.08. The van der Waals surface area contributed by atoms with Crippen molar-refractivity contribution in [3.8, 4) is 5.75 Å². The van der Waals surface area contributed by atoms with Crippen LogP contribution >= 0.6 is 11.3 Å². The Bertz CT molecular complexity index is 914. The number of nitrogens with zero attached hydrogens (tertiary/aromatic N) is 2. The van der Waals surface area contributed by atoms with E-state index in [1.54, 1.807) is 38.3 Å². The molecule has 0 saturated heterocycles. The third-order valence-corrected chi connectivity index (χ3v) is 4.15. The van der Waals surface area contributed by atoms with E-state index in [1.165, 1.54) is 21.9 Å². The number of anilines is 1. The number of carbonyl (C=O) groups is 1. The normalized spacial score (nSPS) is 10.6. The lowest BCUT2D eigenvalue weighted by Crippen LogP contribution is -2.26. The number of benzene rings is 1. The van der Waals surface area contributed by atoms with E-state index in [1.807, 2.05) is 5.38 Å². The maximum atomic E-state index is 12.4. The van der Waals surface area contributed by atoms with Crippen molar-refractivity contribution < 1.29 is 9.53 Å². The first kappa shape index (κ1) is 14.3. The number of rotatable bonds is 3. The van der Waals surface area contributed by atoms with Gasteiger partial charge in [0.1, 0.15) is 11.3 Å². The molecule has 2 heterocycles. The summed E-state index contributed by atoms with van der Waals surface area (Å²) in [5, 5.41) is 4.51. The molecule has 0 bridgehead atoms. The van der Waals surface area contributed by atoms with Crippen molar-refractivity contribution in [2.75, 3.05) is 12.4 Å². The molecule has 3 aromatic rings. The van der Waals surface area contributed by atoms with E-state index in [-0.39, 0.29) is 11.1 Å². The zero-order valence-electron chi connectivity index (χ0n) is 12.0. The number of carbonyl (C=O) groups excluding carboxylic acids is 1. The SMILES string of the molecule is COc1cccc(NC(=O)c2cnc3scc(C)n3c2=O)c1. The average molecular weight is 315 g/mol. The topological polar surface area (TPSA) is 72.7 Å². The molecule has 0 saturated carbocycles. The lowest BCUT2D eigenvalue weighted by molar-refractivity contribution is 0.102. The number of fused-ring (bicyclic) bond motifs is 1. The van der Waals surface area contributed by atoms with Gasteiger partial charge in [-0.15, -0.1) is 11.3 Å². The number of methoxy groups -OCH3 is 1. The zero-order chi connectivity index (χ0) is 15.7. The molecule has 1 N–H and O–H groups in total. The molecule has 2 aromatic heterocycles. The zero-order valence-corrected chi connectivity index (χ0v) is 12.8. The van der Waals surface area contributed by atoms with Crippen LogP contribution in [0.3, 0.4) is 0 Å². The molecular formula is C15H13N3O3S. The van der Waals surface area contributed by atoms with Crippen LogP contribution in [0.1, 0.15) is 16.1 Å². The van der Waals surface area contributed by atoms with Crippen molar-refractivity contribution in [2.24, 2.45) is 0 Å². The van der Waals surface area contributed by atoms with Crippen LogP contribution in [0.2, 0.25) is 0 Å². The highest BCUT2D eigenvalue weighted by molar-refractivity contribution is 7.15. The lowest BCUT2D eigenvalue weighted by Gasteiger charge is -2.07. The highest BCUT2D eigenvalue weighted by atomic mass is 32.1. The fourth-order valence-corrected chi connectivity index (χ4v) is 2.91. The summed E-state index contributed by atoms with van der Waals surface area (Å²) < 4.78 is 6.54. The Morgan fingerprint density at radius 2 is 2.23 bits per heavy atom. The highest BCUT2D eigenvalue weighted by Gasteiger charge is 2.15. The number of amides is 1. The first-order valence-electron chi connectivity index (χ1n) is 6.51. The van der Waals surface area contributed by atoms with Crippen LogP contribution in [0.4, 0.5) is 5.69 Å². The van der Waals surface area contributed by atoms with Crippen molar-refractivity contribution in [3.63, 3.8) is 0 Å². The molecule has 0 aliphatic heterocycles. The van der Waals surface area contributed by atoms with Gasteiger partial charge in [-0.1, -0.05) is 6.07 Å². The molecule has 6 nitrogen and oxygen atoms in total. The molecule has 0 fully saturated rings. The Morgan fingerprint density at radius 3 is 3.00 bits per heavy atom. The van der Waals surface area contributed by atoms with E-state index < -0.39 is 5.91 Å². The second-order valence-corrected chi connectivity index (χ2v) is 5.49. The van der Waals surface area contributed by atoms with Gasteiger partial charge in [-0.3, -0.25) is 14.0 Å². The van der Waals surface area contributed by atoms with Crippen molar-refractivity contribution in [1.82, 2.24) is 9.38 Å². The van der Waals surface area contributed by atoms with E-state index in [4.69, 9.17) is 4.74 Å². The van der Waals surface area contributed by atoms with Gasteiger partial charge in [-0.25, -0.2) is 4.98 Å². The molecule has 1 aromatic carbocycles. The number of hydrogen-bond donors (Lipinski definition) is 1. The van der Waals surface area contributed by atoms with Gasteiger partial charge in [0, 0.05) is 29.0 Å². The second-order valence-electron chi connectivity index (χ2n) is 4.66. The van der Waals surface area contributed by atoms with Crippen LogP contribution in [-0.4, -0.2) is 22.4 Å². The maximum Gasteiger partial charge on any atom is 0.271 e. The molecule has 0 radical (unpaired) electrons. The number of aryl methyl sites for hydroxylation is 1. The molecule has 0 aliphatic carbocycles. The first-order valence-corrected chi connectivity index (χ1v) is 7.39. The predicted octanol–water partition coefficient (Wildman–Crippen LogP) is 2.33. The minimum Gasteiger partial charge on any atom is -0.497 e. The van der Waals surface area contributed by atoms with E-state index in [9.17, 15) is 9.59 Å². The summed E-state index contributed by atoms with van der Waals surface area (Å²) in [7, 11) is 1.55. The number of thiazole rings is 1. The molecule has 0 aliphatic rings. The van der Waals surface area contributed by atoms with Gasteiger partial charge in [0.25, 0.3) is 11.5 Å². The molecule has 1 amide bonds. The Labute approximate surface area is 130 Å². The Kier molecular flexibility index (Phi) is 3.64. The van der Waals surface area contributed by atoms with Crippen molar-refractivity contribution >= 4 is 27.9 Å². The molecule has 0 spiro atoms. The summed E-state index contributed by atoms with van der Waals surface area (Å²) in [6.45, 7) is 1.80. The summed E-state index contributed by atoms with van der Waals surface area (Å²) in [5.41, 5.74) is 0.940. The lowest BCUT2D eigenvalue weighted by atomic mass is 10.2. The minimum atomic E-state index is -0.495. The van der Waals surface area contributed by atoms with E-state index in [0.717, 1.165) is 5.69 Å². The maximum absolute atomic E-state index is 12.4. The Hall–Kier alpha value is -2.67. The number of aromatic nitrogens is 2. The van der Waals surface area contributed by atoms with Crippen LogP contribution in [0.5, 0.6) is 5.75 Å². The highest BCUT2D eigenvalue weighted by Crippen LogP contribution is 2.17. The fraction of sp³-hybridized carbons (Fsp3) is 0.133. The summed E-state index contributed by atoms with van der Waals surface area (Å²) in [6.07, 6.45) is 1.31. The van der Waals surface area contributed by atoms with Gasteiger partial charge >= 0.3 is 0 Å². The van der Waals surface area contributed by atoms with Crippen LogP contribution < -0.4 is 15.6 Å². The van der Waals surface area contributed by atoms with Gasteiger partial charge < -0.3 is 10.1 Å². The molecule has 0 unspecified atom stereocenters. The summed E-state index contributed by atoms with van der Waals surface area (Å²) in [5.74, 6) is 0.127. The van der Waals surface area contributed by atoms with Crippen LogP contribution in [0.25, 0.3) is 4.96 Å². The smallest absolute Gasteiger partial charge is 0.271 e. The molecule has 0 atom stereocenters. The standard InChI is InChI=1S/C15H13N3O3S/c1-9-8-22-15-16-7-12(14(20)18(9)15)13(19)17-10-4-3-5-11(6-10)21-2/h3-8H,1-2H3,(H,17,19). The van der Waals surface area contributed by atoms with Crippen molar-refractivity contribution in [3.05, 3.63) is 57.5 Å². The van der Waals surface area contributed by atoms with Crippen LogP contribution in [0.15, 0.2) is 40.6 Å². The van der Waals surface area contributed by atoms with Gasteiger partial charge in [0.2, 0.25) is 0 Å². The van der Waals surface area contributed by atoms with Crippen molar-refractivity contribution in [1.29, 1.82) is 0 Å². The minimum absolute atomic E-state index is 0.00169. The monoisotopic (exact) mass is 315 g/mol. The molecule has 112 valence electrons. The summed E-state index contributed by atoms with van der Waals surface area (Å²) in [4.78, 5) is 29.4. The molecule has 3 rings (SSSR count). The third kappa shape index (κ3) is 2.46. The predicted molar refractivity (Wildman–Crippen MR) is 85.0 cm³/mol. The van der Waals surface area contributed by atoms with Gasteiger partial charge in [-0.2, -0.15) is 0 Å². The second kappa shape index (κ2) is 5.61. The summed E-state index contributed by atoms with van der Waals surface area (Å²) in [6, 6.07) is 6.93.